The van der Waals surface area contributed by atoms with Crippen LogP contribution in [-0.4, -0.2) is 27.3 Å². The van der Waals surface area contributed by atoms with Crippen molar-refractivity contribution in [1.82, 2.24) is 15.0 Å². The van der Waals surface area contributed by atoms with Crippen molar-refractivity contribution in [3.05, 3.63) is 45.7 Å². The highest BCUT2D eigenvalue weighted by molar-refractivity contribution is 6.42. The van der Waals surface area contributed by atoms with Crippen LogP contribution in [0.25, 0.3) is 0 Å². The zero-order chi connectivity index (χ0) is 13.1. The molecule has 0 unspecified atom stereocenters. The minimum Gasteiger partial charge on any atom is -0.329 e. The van der Waals surface area contributed by atoms with Crippen molar-refractivity contribution in [2.24, 2.45) is 5.73 Å². The highest BCUT2D eigenvalue weighted by Crippen LogP contribution is 2.23. The molecule has 0 amide bonds. The van der Waals surface area contributed by atoms with E-state index in [2.05, 4.69) is 10.3 Å². The van der Waals surface area contributed by atoms with Crippen LogP contribution in [0.4, 0.5) is 0 Å². The average molecular weight is 285 g/mol. The summed E-state index contributed by atoms with van der Waals surface area (Å²) < 4.78 is 1.52. The lowest BCUT2D eigenvalue weighted by Crippen LogP contribution is -2.10. The van der Waals surface area contributed by atoms with Gasteiger partial charge in [-0.2, -0.15) is 0 Å². The van der Waals surface area contributed by atoms with Gasteiger partial charge in [-0.15, -0.1) is 5.10 Å². The summed E-state index contributed by atoms with van der Waals surface area (Å²) in [5.41, 5.74) is 6.06. The van der Waals surface area contributed by atoms with Gasteiger partial charge in [-0.25, -0.2) is 0 Å². The van der Waals surface area contributed by atoms with Crippen LogP contribution >= 0.6 is 23.2 Å². The Labute approximate surface area is 113 Å². The molecule has 0 aliphatic heterocycles. The monoisotopic (exact) mass is 284 g/mol. The molecule has 0 saturated heterocycles. The average Bonchev–Trinajstić information content (AvgIpc) is 2.81. The number of nitrogens with two attached hydrogens (primary N) is 1. The van der Waals surface area contributed by atoms with E-state index >= 15 is 0 Å². The molecule has 1 heterocycles. The van der Waals surface area contributed by atoms with E-state index in [1.165, 1.54) is 10.7 Å². The van der Waals surface area contributed by atoms with Crippen LogP contribution in [0, 0.1) is 0 Å². The minimum atomic E-state index is -0.253. The third-order valence-corrected chi connectivity index (χ3v) is 3.05. The fourth-order valence-electron chi connectivity index (χ4n) is 1.43. The molecule has 18 heavy (non-hydrogen) atoms. The van der Waals surface area contributed by atoms with Crippen molar-refractivity contribution in [3.63, 3.8) is 0 Å². The molecule has 0 fully saturated rings. The zero-order valence-electron chi connectivity index (χ0n) is 9.31. The first-order valence-electron chi connectivity index (χ1n) is 5.22. The zero-order valence-corrected chi connectivity index (χ0v) is 10.8. The van der Waals surface area contributed by atoms with Crippen LogP contribution < -0.4 is 5.73 Å². The van der Waals surface area contributed by atoms with E-state index in [1.54, 1.807) is 18.3 Å². The SMILES string of the molecule is NCCn1cc(C(=O)c2ccc(Cl)c(Cl)c2)nn1. The van der Waals surface area contributed by atoms with Crippen molar-refractivity contribution in [2.45, 2.75) is 6.54 Å². The van der Waals surface area contributed by atoms with Crippen molar-refractivity contribution >= 4 is 29.0 Å². The summed E-state index contributed by atoms with van der Waals surface area (Å²) >= 11 is 11.6. The molecule has 0 aliphatic carbocycles. The lowest BCUT2D eigenvalue weighted by atomic mass is 10.1. The summed E-state index contributed by atoms with van der Waals surface area (Å²) in [5.74, 6) is -0.253. The lowest BCUT2D eigenvalue weighted by Gasteiger charge is -1.99. The molecular formula is C11H10Cl2N4O. The number of aromatic nitrogens is 3. The number of rotatable bonds is 4. The Balaban J connectivity index is 2.26. The molecule has 0 aliphatic rings. The number of hydrogen-bond donors (Lipinski definition) is 1. The number of benzene rings is 1. The second kappa shape index (κ2) is 5.48. The molecule has 2 rings (SSSR count). The number of nitrogens with zero attached hydrogens (tertiary/aromatic N) is 3. The number of carbonyl (C=O) groups excluding carboxylic acids is 1. The van der Waals surface area contributed by atoms with Gasteiger partial charge in [-0.1, -0.05) is 28.4 Å². The Kier molecular flexibility index (Phi) is 3.96. The quantitative estimate of drug-likeness (QED) is 0.869. The van der Waals surface area contributed by atoms with Gasteiger partial charge < -0.3 is 5.73 Å². The maximum Gasteiger partial charge on any atom is 0.214 e. The first kappa shape index (κ1) is 13.0. The largest absolute Gasteiger partial charge is 0.329 e. The number of halogens is 2. The molecule has 2 N–H and O–H groups in total. The van der Waals surface area contributed by atoms with Crippen molar-refractivity contribution in [2.75, 3.05) is 6.54 Å². The molecule has 0 bridgehead atoms. The Hall–Kier alpha value is -1.43. The maximum atomic E-state index is 12.1. The van der Waals surface area contributed by atoms with Gasteiger partial charge in [0.15, 0.2) is 5.69 Å². The highest BCUT2D eigenvalue weighted by Gasteiger charge is 2.14. The first-order valence-corrected chi connectivity index (χ1v) is 5.97. The van der Waals surface area contributed by atoms with Gasteiger partial charge in [0.25, 0.3) is 0 Å². The molecule has 2 aromatic rings. The first-order chi connectivity index (χ1) is 8.61. The van der Waals surface area contributed by atoms with E-state index < -0.39 is 0 Å². The van der Waals surface area contributed by atoms with Crippen LogP contribution in [0.15, 0.2) is 24.4 Å². The van der Waals surface area contributed by atoms with Crippen molar-refractivity contribution in [1.29, 1.82) is 0 Å². The molecule has 0 spiro atoms. The smallest absolute Gasteiger partial charge is 0.214 e. The van der Waals surface area contributed by atoms with E-state index in [0.717, 1.165) is 0 Å². The summed E-state index contributed by atoms with van der Waals surface area (Å²) in [7, 11) is 0. The molecule has 0 saturated carbocycles. The molecule has 1 aromatic heterocycles. The normalized spacial score (nSPS) is 10.6. The van der Waals surface area contributed by atoms with Gasteiger partial charge in [0, 0.05) is 12.1 Å². The van der Waals surface area contributed by atoms with Crippen molar-refractivity contribution < 1.29 is 4.79 Å². The molecule has 94 valence electrons. The second-order valence-electron chi connectivity index (χ2n) is 3.61. The summed E-state index contributed by atoms with van der Waals surface area (Å²) in [5, 5.41) is 8.33. The molecular weight excluding hydrogens is 275 g/mol. The summed E-state index contributed by atoms with van der Waals surface area (Å²) in [4.78, 5) is 12.1. The molecule has 1 aromatic carbocycles. The van der Waals surface area contributed by atoms with Crippen molar-refractivity contribution in [3.8, 4) is 0 Å². The third-order valence-electron chi connectivity index (χ3n) is 2.31. The van der Waals surface area contributed by atoms with Gasteiger partial charge >= 0.3 is 0 Å². The lowest BCUT2D eigenvalue weighted by molar-refractivity contribution is 0.103. The van der Waals surface area contributed by atoms with Crippen LogP contribution in [0.1, 0.15) is 16.1 Å². The Morgan fingerprint density at radius 3 is 2.78 bits per heavy atom. The second-order valence-corrected chi connectivity index (χ2v) is 4.43. The Morgan fingerprint density at radius 1 is 1.33 bits per heavy atom. The van der Waals surface area contributed by atoms with E-state index in [1.807, 2.05) is 0 Å². The maximum absolute atomic E-state index is 12.1. The molecule has 0 radical (unpaired) electrons. The fourth-order valence-corrected chi connectivity index (χ4v) is 1.73. The molecule has 0 atom stereocenters. The summed E-state index contributed by atoms with van der Waals surface area (Å²) in [6.45, 7) is 0.950. The topological polar surface area (TPSA) is 73.8 Å². The standard InChI is InChI=1S/C11H10Cl2N4O/c12-8-2-1-7(5-9(8)13)11(18)10-6-17(4-3-14)16-15-10/h1-2,5-6H,3-4,14H2. The van der Waals surface area contributed by atoms with E-state index in [9.17, 15) is 4.79 Å². The predicted molar refractivity (Wildman–Crippen MR) is 69.0 cm³/mol. The van der Waals surface area contributed by atoms with Gasteiger partial charge in [0.1, 0.15) is 0 Å². The van der Waals surface area contributed by atoms with Crippen LogP contribution in [0.3, 0.4) is 0 Å². The molecule has 7 heteroatoms. The van der Waals surface area contributed by atoms with Gasteiger partial charge in [0.05, 0.1) is 22.8 Å². The van der Waals surface area contributed by atoms with Gasteiger partial charge in [-0.3, -0.25) is 9.48 Å². The summed E-state index contributed by atoms with van der Waals surface area (Å²) in [6.07, 6.45) is 1.55. The van der Waals surface area contributed by atoms with Crippen LogP contribution in [0.5, 0.6) is 0 Å². The molecule has 5 nitrogen and oxygen atoms in total. The minimum absolute atomic E-state index is 0.252. The fraction of sp³-hybridized carbons (Fsp3) is 0.182. The summed E-state index contributed by atoms with van der Waals surface area (Å²) in [6, 6.07) is 4.67. The van der Waals surface area contributed by atoms with Crippen LogP contribution in [0.2, 0.25) is 10.0 Å². The number of carbonyl (C=O) groups is 1. The highest BCUT2D eigenvalue weighted by atomic mass is 35.5. The van der Waals surface area contributed by atoms with E-state index in [0.29, 0.717) is 28.7 Å². The van der Waals surface area contributed by atoms with Gasteiger partial charge in [0.2, 0.25) is 5.78 Å². The van der Waals surface area contributed by atoms with E-state index in [4.69, 9.17) is 28.9 Å². The Bertz CT molecular complexity index is 582. The third kappa shape index (κ3) is 2.69. The number of hydrogen-bond acceptors (Lipinski definition) is 4. The predicted octanol–water partition coefficient (Wildman–Crippen LogP) is 1.77. The van der Waals surface area contributed by atoms with Gasteiger partial charge in [-0.05, 0) is 18.2 Å². The van der Waals surface area contributed by atoms with E-state index in [-0.39, 0.29) is 11.5 Å². The van der Waals surface area contributed by atoms with Crippen LogP contribution in [-0.2, 0) is 6.54 Å². The number of ketones is 1. The Morgan fingerprint density at radius 2 is 2.11 bits per heavy atom.